The van der Waals surface area contributed by atoms with Crippen molar-refractivity contribution in [1.82, 2.24) is 4.98 Å². The van der Waals surface area contributed by atoms with Crippen LogP contribution in [0, 0.1) is 0 Å². The number of hydrogen-bond donors (Lipinski definition) is 1. The van der Waals surface area contributed by atoms with Crippen molar-refractivity contribution in [3.8, 4) is 0 Å². The number of anilines is 1. The molecule has 1 aromatic heterocycles. The zero-order valence-electron chi connectivity index (χ0n) is 11.4. The quantitative estimate of drug-likeness (QED) is 0.857. The van der Waals surface area contributed by atoms with Gasteiger partial charge in [-0.25, -0.2) is 4.79 Å². The number of hydrogen-bond acceptors (Lipinski definition) is 4. The monoisotopic (exact) mass is 288 g/mol. The van der Waals surface area contributed by atoms with Crippen LogP contribution in [0.5, 0.6) is 0 Å². The summed E-state index contributed by atoms with van der Waals surface area (Å²) in [4.78, 5) is 18.2. The third-order valence-electron chi connectivity index (χ3n) is 3.02. The number of carboxylic acid groups (broad SMARTS) is 1. The zero-order valence-corrected chi connectivity index (χ0v) is 12.2. The maximum atomic E-state index is 11.5. The lowest BCUT2D eigenvalue weighted by Gasteiger charge is -2.22. The summed E-state index contributed by atoms with van der Waals surface area (Å²) < 4.78 is 0. The fourth-order valence-electron chi connectivity index (χ4n) is 2.07. The van der Waals surface area contributed by atoms with Gasteiger partial charge in [-0.05, 0) is 36.1 Å². The fraction of sp³-hybridized carbons (Fsp3) is 0.200. The van der Waals surface area contributed by atoms with Crippen LogP contribution in [-0.4, -0.2) is 29.4 Å². The maximum Gasteiger partial charge on any atom is 0.338 e. The van der Waals surface area contributed by atoms with Crippen molar-refractivity contribution < 1.29 is 9.90 Å². The van der Waals surface area contributed by atoms with Gasteiger partial charge in [0.1, 0.15) is 0 Å². The number of rotatable bonds is 5. The van der Waals surface area contributed by atoms with Gasteiger partial charge in [-0.15, -0.1) is 11.8 Å². The predicted octanol–water partition coefficient (Wildman–Crippen LogP) is 3.14. The van der Waals surface area contributed by atoms with Crippen molar-refractivity contribution in [3.63, 3.8) is 0 Å². The van der Waals surface area contributed by atoms with Crippen LogP contribution in [0.25, 0.3) is 0 Å². The molecule has 4 nitrogen and oxygen atoms in total. The molecule has 0 bridgehead atoms. The third kappa shape index (κ3) is 3.11. The van der Waals surface area contributed by atoms with Crippen molar-refractivity contribution in [2.75, 3.05) is 18.2 Å². The average molecular weight is 288 g/mol. The molecule has 0 saturated heterocycles. The molecule has 0 atom stereocenters. The average Bonchev–Trinajstić information content (AvgIpc) is 2.47. The van der Waals surface area contributed by atoms with Gasteiger partial charge < -0.3 is 10.0 Å². The molecule has 0 spiro atoms. The van der Waals surface area contributed by atoms with Crippen LogP contribution in [0.1, 0.15) is 15.9 Å². The summed E-state index contributed by atoms with van der Waals surface area (Å²) in [5.74, 6) is -0.897. The van der Waals surface area contributed by atoms with E-state index in [0.717, 1.165) is 16.1 Å². The van der Waals surface area contributed by atoms with E-state index in [4.69, 9.17) is 0 Å². The first-order chi connectivity index (χ1) is 9.63. The van der Waals surface area contributed by atoms with Crippen LogP contribution < -0.4 is 4.90 Å². The van der Waals surface area contributed by atoms with Gasteiger partial charge in [0.05, 0.1) is 11.3 Å². The first kappa shape index (κ1) is 14.4. The van der Waals surface area contributed by atoms with Crippen LogP contribution in [0.2, 0.25) is 0 Å². The van der Waals surface area contributed by atoms with E-state index in [-0.39, 0.29) is 0 Å². The van der Waals surface area contributed by atoms with E-state index in [1.165, 1.54) is 11.8 Å². The van der Waals surface area contributed by atoms with E-state index in [0.29, 0.717) is 12.1 Å². The smallest absolute Gasteiger partial charge is 0.338 e. The van der Waals surface area contributed by atoms with E-state index in [2.05, 4.69) is 4.98 Å². The Bertz CT molecular complexity index is 602. The highest BCUT2D eigenvalue weighted by molar-refractivity contribution is 7.98. The van der Waals surface area contributed by atoms with Crippen molar-refractivity contribution >= 4 is 23.4 Å². The van der Waals surface area contributed by atoms with Crippen LogP contribution in [0.15, 0.2) is 47.6 Å². The van der Waals surface area contributed by atoms with Gasteiger partial charge in [0.15, 0.2) is 0 Å². The number of carbonyl (C=O) groups is 1. The normalized spacial score (nSPS) is 10.3. The standard InChI is InChI=1S/C15H16N2O2S/c1-17(10-11-6-8-16-9-7-11)12-4-3-5-13(20-2)14(12)15(18)19/h3-9H,10H2,1-2H3,(H,18,19). The van der Waals surface area contributed by atoms with Crippen molar-refractivity contribution in [3.05, 3.63) is 53.9 Å². The molecule has 1 N–H and O–H groups in total. The van der Waals surface area contributed by atoms with Crippen molar-refractivity contribution in [2.45, 2.75) is 11.4 Å². The number of aromatic carboxylic acids is 1. The highest BCUT2D eigenvalue weighted by Crippen LogP contribution is 2.29. The number of nitrogens with zero attached hydrogens (tertiary/aromatic N) is 2. The number of carboxylic acids is 1. The van der Waals surface area contributed by atoms with Gasteiger partial charge in [-0.3, -0.25) is 4.98 Å². The Morgan fingerprint density at radius 3 is 2.60 bits per heavy atom. The molecule has 0 radical (unpaired) electrons. The second-order valence-corrected chi connectivity index (χ2v) is 5.22. The molecule has 0 unspecified atom stereocenters. The molecule has 0 aliphatic carbocycles. The second-order valence-electron chi connectivity index (χ2n) is 4.37. The van der Waals surface area contributed by atoms with Crippen LogP contribution in [-0.2, 0) is 6.54 Å². The van der Waals surface area contributed by atoms with E-state index < -0.39 is 5.97 Å². The molecule has 1 aromatic carbocycles. The Morgan fingerprint density at radius 1 is 1.30 bits per heavy atom. The van der Waals surface area contributed by atoms with Crippen molar-refractivity contribution in [1.29, 1.82) is 0 Å². The predicted molar refractivity (Wildman–Crippen MR) is 81.5 cm³/mol. The summed E-state index contributed by atoms with van der Waals surface area (Å²) in [6, 6.07) is 9.41. The van der Waals surface area contributed by atoms with E-state index in [9.17, 15) is 9.90 Å². The number of benzene rings is 1. The van der Waals surface area contributed by atoms with Crippen LogP contribution in [0.3, 0.4) is 0 Å². The first-order valence-electron chi connectivity index (χ1n) is 6.14. The van der Waals surface area contributed by atoms with E-state index >= 15 is 0 Å². The topological polar surface area (TPSA) is 53.4 Å². The molecule has 5 heteroatoms. The molecule has 2 aromatic rings. The van der Waals surface area contributed by atoms with Crippen LogP contribution in [0.4, 0.5) is 5.69 Å². The Kier molecular flexibility index (Phi) is 4.63. The lowest BCUT2D eigenvalue weighted by atomic mass is 10.1. The molecule has 20 heavy (non-hydrogen) atoms. The van der Waals surface area contributed by atoms with E-state index in [1.807, 2.05) is 48.5 Å². The summed E-state index contributed by atoms with van der Waals surface area (Å²) in [7, 11) is 1.90. The SMILES string of the molecule is CSc1cccc(N(C)Cc2ccncc2)c1C(=O)O. The molecule has 2 rings (SSSR count). The lowest BCUT2D eigenvalue weighted by molar-refractivity contribution is 0.0694. The minimum atomic E-state index is -0.897. The largest absolute Gasteiger partial charge is 0.478 e. The zero-order chi connectivity index (χ0) is 14.5. The highest BCUT2D eigenvalue weighted by Gasteiger charge is 2.17. The Hall–Kier alpha value is -2.01. The summed E-state index contributed by atoms with van der Waals surface area (Å²) >= 11 is 1.44. The molecular weight excluding hydrogens is 272 g/mol. The molecule has 0 fully saturated rings. The van der Waals surface area contributed by atoms with Gasteiger partial charge >= 0.3 is 5.97 Å². The molecular formula is C15H16N2O2S. The van der Waals surface area contributed by atoms with Crippen molar-refractivity contribution in [2.24, 2.45) is 0 Å². The summed E-state index contributed by atoms with van der Waals surface area (Å²) in [6.07, 6.45) is 5.35. The van der Waals surface area contributed by atoms with Gasteiger partial charge in [-0.1, -0.05) is 6.07 Å². The molecule has 0 aliphatic heterocycles. The second kappa shape index (κ2) is 6.43. The third-order valence-corrected chi connectivity index (χ3v) is 3.80. The molecule has 1 heterocycles. The highest BCUT2D eigenvalue weighted by atomic mass is 32.2. The summed E-state index contributed by atoms with van der Waals surface area (Å²) in [5.41, 5.74) is 2.17. The molecule has 0 aliphatic rings. The number of pyridine rings is 1. The van der Waals surface area contributed by atoms with Gasteiger partial charge in [0.25, 0.3) is 0 Å². The van der Waals surface area contributed by atoms with Gasteiger partial charge in [0.2, 0.25) is 0 Å². The Labute approximate surface area is 122 Å². The first-order valence-corrected chi connectivity index (χ1v) is 7.36. The molecule has 0 amide bonds. The lowest BCUT2D eigenvalue weighted by Crippen LogP contribution is -2.19. The van der Waals surface area contributed by atoms with Crippen LogP contribution >= 0.6 is 11.8 Å². The van der Waals surface area contributed by atoms with Gasteiger partial charge in [0, 0.05) is 30.9 Å². The minimum absolute atomic E-state index is 0.358. The number of aromatic nitrogens is 1. The molecule has 104 valence electrons. The Morgan fingerprint density at radius 2 is 2.00 bits per heavy atom. The summed E-state index contributed by atoms with van der Waals surface area (Å²) in [6.45, 7) is 0.640. The molecule has 0 saturated carbocycles. The minimum Gasteiger partial charge on any atom is -0.478 e. The fourth-order valence-corrected chi connectivity index (χ4v) is 2.68. The van der Waals surface area contributed by atoms with E-state index in [1.54, 1.807) is 12.4 Å². The Balaban J connectivity index is 2.34. The maximum absolute atomic E-state index is 11.5. The van der Waals surface area contributed by atoms with Gasteiger partial charge in [-0.2, -0.15) is 0 Å². The summed E-state index contributed by atoms with van der Waals surface area (Å²) in [5, 5.41) is 9.44. The number of thioether (sulfide) groups is 1.